The third kappa shape index (κ3) is 2.72. The lowest BCUT2D eigenvalue weighted by Gasteiger charge is -2.26. The highest BCUT2D eigenvalue weighted by Gasteiger charge is 2.23. The van der Waals surface area contributed by atoms with Gasteiger partial charge in [-0.2, -0.15) is 12.7 Å². The maximum Gasteiger partial charge on any atom is 0.301 e. The van der Waals surface area contributed by atoms with E-state index < -0.39 is 10.2 Å². The monoisotopic (exact) mass is 241 g/mol. The molecule has 1 aromatic rings. The summed E-state index contributed by atoms with van der Waals surface area (Å²) >= 11 is 0. The zero-order valence-electron chi connectivity index (χ0n) is 8.89. The van der Waals surface area contributed by atoms with Gasteiger partial charge in [-0.3, -0.25) is 4.72 Å². The molecule has 0 radical (unpaired) electrons. The van der Waals surface area contributed by atoms with E-state index in [1.807, 2.05) is 6.07 Å². The Labute approximate surface area is 95.6 Å². The molecule has 0 saturated carbocycles. The summed E-state index contributed by atoms with van der Waals surface area (Å²) in [5, 5.41) is 3.12. The molecule has 88 valence electrons. The van der Waals surface area contributed by atoms with E-state index in [4.69, 9.17) is 0 Å². The summed E-state index contributed by atoms with van der Waals surface area (Å²) in [6.45, 7) is 2.44. The Morgan fingerprint density at radius 3 is 2.38 bits per heavy atom. The standard InChI is InChI=1S/C10H15N3O2S/c14-16(15,13-8-6-11-7-9-13)12-10-4-2-1-3-5-10/h1-5,11-12H,6-9H2. The Hall–Kier alpha value is -1.11. The van der Waals surface area contributed by atoms with Crippen LogP contribution < -0.4 is 10.0 Å². The second-order valence-electron chi connectivity index (χ2n) is 3.62. The maximum absolute atomic E-state index is 11.9. The van der Waals surface area contributed by atoms with E-state index in [0.717, 1.165) is 0 Å². The molecule has 0 aromatic heterocycles. The highest BCUT2D eigenvalue weighted by Crippen LogP contribution is 2.11. The van der Waals surface area contributed by atoms with Crippen molar-refractivity contribution >= 4 is 15.9 Å². The third-order valence-electron chi connectivity index (χ3n) is 2.44. The summed E-state index contributed by atoms with van der Waals surface area (Å²) in [5.74, 6) is 0. The second kappa shape index (κ2) is 4.82. The number of benzene rings is 1. The van der Waals surface area contributed by atoms with Gasteiger partial charge in [0.1, 0.15) is 0 Å². The van der Waals surface area contributed by atoms with Gasteiger partial charge in [0.15, 0.2) is 0 Å². The zero-order chi connectivity index (χ0) is 11.4. The van der Waals surface area contributed by atoms with Gasteiger partial charge in [0.25, 0.3) is 0 Å². The van der Waals surface area contributed by atoms with Crippen LogP contribution in [0.15, 0.2) is 30.3 Å². The van der Waals surface area contributed by atoms with Crippen LogP contribution in [0.4, 0.5) is 5.69 Å². The van der Waals surface area contributed by atoms with E-state index in [9.17, 15) is 8.42 Å². The lowest BCUT2D eigenvalue weighted by Crippen LogP contribution is -2.48. The number of anilines is 1. The molecule has 0 aliphatic carbocycles. The van der Waals surface area contributed by atoms with Crippen molar-refractivity contribution in [1.29, 1.82) is 0 Å². The van der Waals surface area contributed by atoms with Crippen molar-refractivity contribution < 1.29 is 8.42 Å². The topological polar surface area (TPSA) is 61.4 Å². The van der Waals surface area contributed by atoms with Gasteiger partial charge >= 0.3 is 10.2 Å². The van der Waals surface area contributed by atoms with Gasteiger partial charge in [-0.25, -0.2) is 0 Å². The average molecular weight is 241 g/mol. The van der Waals surface area contributed by atoms with Crippen LogP contribution in [-0.4, -0.2) is 38.9 Å². The van der Waals surface area contributed by atoms with E-state index in [1.165, 1.54) is 4.31 Å². The molecule has 0 atom stereocenters. The van der Waals surface area contributed by atoms with Crippen molar-refractivity contribution in [1.82, 2.24) is 9.62 Å². The Morgan fingerprint density at radius 2 is 1.75 bits per heavy atom. The molecule has 1 fully saturated rings. The number of para-hydroxylation sites is 1. The van der Waals surface area contributed by atoms with Crippen LogP contribution >= 0.6 is 0 Å². The van der Waals surface area contributed by atoms with Crippen molar-refractivity contribution in [3.63, 3.8) is 0 Å². The number of nitrogens with zero attached hydrogens (tertiary/aromatic N) is 1. The minimum atomic E-state index is -3.39. The summed E-state index contributed by atoms with van der Waals surface area (Å²) in [6, 6.07) is 8.92. The van der Waals surface area contributed by atoms with E-state index in [0.29, 0.717) is 31.9 Å². The molecule has 1 aliphatic heterocycles. The van der Waals surface area contributed by atoms with Gasteiger partial charge in [0, 0.05) is 31.9 Å². The predicted octanol–water partition coefficient (Wildman–Crippen LogP) is 0.248. The van der Waals surface area contributed by atoms with Gasteiger partial charge in [-0.05, 0) is 12.1 Å². The Kier molecular flexibility index (Phi) is 3.42. The molecule has 5 nitrogen and oxygen atoms in total. The maximum atomic E-state index is 11.9. The lowest BCUT2D eigenvalue weighted by atomic mass is 10.3. The van der Waals surface area contributed by atoms with Crippen molar-refractivity contribution in [2.75, 3.05) is 30.9 Å². The number of piperazine rings is 1. The fraction of sp³-hybridized carbons (Fsp3) is 0.400. The van der Waals surface area contributed by atoms with Crippen LogP contribution in [0, 0.1) is 0 Å². The van der Waals surface area contributed by atoms with E-state index >= 15 is 0 Å². The van der Waals surface area contributed by atoms with E-state index in [1.54, 1.807) is 24.3 Å². The first-order chi connectivity index (χ1) is 7.68. The second-order valence-corrected chi connectivity index (χ2v) is 5.29. The summed E-state index contributed by atoms with van der Waals surface area (Å²) in [7, 11) is -3.39. The normalized spacial score (nSPS) is 18.2. The summed E-state index contributed by atoms with van der Waals surface area (Å²) in [5.41, 5.74) is 0.598. The molecule has 16 heavy (non-hydrogen) atoms. The molecular formula is C10H15N3O2S. The lowest BCUT2D eigenvalue weighted by molar-refractivity contribution is 0.362. The van der Waals surface area contributed by atoms with Crippen molar-refractivity contribution in [2.45, 2.75) is 0 Å². The zero-order valence-corrected chi connectivity index (χ0v) is 9.70. The molecule has 0 amide bonds. The summed E-state index contributed by atoms with van der Waals surface area (Å²) < 4.78 is 27.9. The van der Waals surface area contributed by atoms with E-state index in [-0.39, 0.29) is 0 Å². The number of nitrogens with one attached hydrogen (secondary N) is 2. The molecule has 1 heterocycles. The van der Waals surface area contributed by atoms with Crippen molar-refractivity contribution in [3.05, 3.63) is 30.3 Å². The first kappa shape index (κ1) is 11.4. The summed E-state index contributed by atoms with van der Waals surface area (Å²) in [4.78, 5) is 0. The fourth-order valence-corrected chi connectivity index (χ4v) is 2.83. The van der Waals surface area contributed by atoms with Gasteiger partial charge in [0.2, 0.25) is 0 Å². The van der Waals surface area contributed by atoms with Crippen LogP contribution in [0.5, 0.6) is 0 Å². The van der Waals surface area contributed by atoms with Gasteiger partial charge in [-0.15, -0.1) is 0 Å². The van der Waals surface area contributed by atoms with Gasteiger partial charge in [0.05, 0.1) is 0 Å². The molecule has 1 saturated heterocycles. The number of hydrogen-bond donors (Lipinski definition) is 2. The highest BCUT2D eigenvalue weighted by molar-refractivity contribution is 7.90. The Bertz CT molecular complexity index is 427. The van der Waals surface area contributed by atoms with Crippen LogP contribution in [-0.2, 0) is 10.2 Å². The quantitative estimate of drug-likeness (QED) is 0.797. The minimum Gasteiger partial charge on any atom is -0.314 e. The van der Waals surface area contributed by atoms with Crippen molar-refractivity contribution in [3.8, 4) is 0 Å². The van der Waals surface area contributed by atoms with Gasteiger partial charge < -0.3 is 5.32 Å². The van der Waals surface area contributed by atoms with Crippen LogP contribution in [0.3, 0.4) is 0 Å². The average Bonchev–Trinajstić information content (AvgIpc) is 2.31. The highest BCUT2D eigenvalue weighted by atomic mass is 32.2. The number of rotatable bonds is 3. The fourth-order valence-electron chi connectivity index (χ4n) is 1.60. The first-order valence-corrected chi connectivity index (χ1v) is 6.66. The molecule has 6 heteroatoms. The van der Waals surface area contributed by atoms with E-state index in [2.05, 4.69) is 10.0 Å². The molecular weight excluding hydrogens is 226 g/mol. The molecule has 0 spiro atoms. The Morgan fingerprint density at radius 1 is 1.12 bits per heavy atom. The predicted molar refractivity (Wildman–Crippen MR) is 63.4 cm³/mol. The minimum absolute atomic E-state index is 0.516. The Balaban J connectivity index is 2.08. The largest absolute Gasteiger partial charge is 0.314 e. The van der Waals surface area contributed by atoms with Gasteiger partial charge in [-0.1, -0.05) is 18.2 Å². The van der Waals surface area contributed by atoms with Crippen LogP contribution in [0.25, 0.3) is 0 Å². The molecule has 1 aromatic carbocycles. The molecule has 0 bridgehead atoms. The van der Waals surface area contributed by atoms with Crippen LogP contribution in [0.1, 0.15) is 0 Å². The molecule has 2 rings (SSSR count). The SMILES string of the molecule is O=S(=O)(Nc1ccccc1)N1CCNCC1. The molecule has 2 N–H and O–H groups in total. The van der Waals surface area contributed by atoms with Crippen LogP contribution in [0.2, 0.25) is 0 Å². The summed E-state index contributed by atoms with van der Waals surface area (Å²) in [6.07, 6.45) is 0. The smallest absolute Gasteiger partial charge is 0.301 e. The van der Waals surface area contributed by atoms with Crippen molar-refractivity contribution in [2.24, 2.45) is 0 Å². The number of hydrogen-bond acceptors (Lipinski definition) is 3. The first-order valence-electron chi connectivity index (χ1n) is 5.22. The molecule has 0 unspecified atom stereocenters. The third-order valence-corrected chi connectivity index (χ3v) is 3.98. The molecule has 1 aliphatic rings.